The Morgan fingerprint density at radius 2 is 1.97 bits per heavy atom. The summed E-state index contributed by atoms with van der Waals surface area (Å²) in [4.78, 5) is 17.9. The van der Waals surface area contributed by atoms with Crippen molar-refractivity contribution in [2.75, 3.05) is 5.32 Å². The van der Waals surface area contributed by atoms with Gasteiger partial charge in [-0.15, -0.1) is 4.57 Å². The van der Waals surface area contributed by atoms with Gasteiger partial charge in [-0.05, 0) is 36.4 Å². The number of benzene rings is 2. The van der Waals surface area contributed by atoms with Crippen molar-refractivity contribution in [3.63, 3.8) is 0 Å². The lowest BCUT2D eigenvalue weighted by atomic mass is 10.0. The second-order valence-electron chi connectivity index (χ2n) is 7.67. The molecular weight excluding hydrogens is 398 g/mol. The van der Waals surface area contributed by atoms with Crippen LogP contribution in [-0.4, -0.2) is 15.5 Å². The number of amides is 1. The molecular formula is C26H19N5O+2. The molecule has 0 unspecified atom stereocenters. The molecule has 0 atom stereocenters. The van der Waals surface area contributed by atoms with Gasteiger partial charge in [-0.1, -0.05) is 24.3 Å². The van der Waals surface area contributed by atoms with Gasteiger partial charge in [0.1, 0.15) is 0 Å². The van der Waals surface area contributed by atoms with E-state index in [4.69, 9.17) is 0 Å². The molecule has 0 saturated heterocycles. The van der Waals surface area contributed by atoms with Gasteiger partial charge >= 0.3 is 11.6 Å². The Bertz CT molecular complexity index is 1530. The second-order valence-corrected chi connectivity index (χ2v) is 7.67. The number of hydrogen-bond acceptors (Lipinski definition) is 3. The number of anilines is 1. The Labute approximate surface area is 184 Å². The van der Waals surface area contributed by atoms with E-state index in [-0.39, 0.29) is 5.91 Å². The third-order valence-corrected chi connectivity index (χ3v) is 5.76. The Balaban J connectivity index is 1.51. The van der Waals surface area contributed by atoms with Crippen LogP contribution in [0.5, 0.6) is 0 Å². The number of rotatable bonds is 3. The summed E-state index contributed by atoms with van der Waals surface area (Å²) < 4.78 is 3.86. The summed E-state index contributed by atoms with van der Waals surface area (Å²) in [5, 5.41) is 8.26. The number of carbonyl (C=O) groups is 1. The molecule has 2 N–H and O–H groups in total. The summed E-state index contributed by atoms with van der Waals surface area (Å²) in [6.07, 6.45) is 10.7. The van der Waals surface area contributed by atoms with E-state index in [2.05, 4.69) is 34.0 Å². The Morgan fingerprint density at radius 3 is 2.94 bits per heavy atom. The number of imidazole rings is 1. The third-order valence-electron chi connectivity index (χ3n) is 5.76. The van der Waals surface area contributed by atoms with E-state index in [1.165, 1.54) is 0 Å². The average Bonchev–Trinajstić information content (AvgIpc) is 3.23. The highest BCUT2D eigenvalue weighted by molar-refractivity contribution is 6.11. The zero-order valence-electron chi connectivity index (χ0n) is 17.1. The molecule has 152 valence electrons. The van der Waals surface area contributed by atoms with E-state index in [0.29, 0.717) is 12.2 Å². The standard InChI is InChI=1S/C26H18N5O/c32-26(29-22-9-5-7-18-14-27-12-11-20(18)22)25-23-10-3-4-13-30(23)17-31(25)24-16-28-15-19-6-1-2-8-21(19)24/h1-14,17,28H,15H2/q+1/p+1. The Morgan fingerprint density at radius 1 is 1.06 bits per heavy atom. The minimum Gasteiger partial charge on any atom is -0.318 e. The number of carbonyl (C=O) groups excluding carboxylic acids is 1. The molecule has 5 aromatic rings. The van der Waals surface area contributed by atoms with Gasteiger partial charge < -0.3 is 5.32 Å². The van der Waals surface area contributed by atoms with Crippen LogP contribution in [0.4, 0.5) is 5.69 Å². The first-order valence-corrected chi connectivity index (χ1v) is 10.4. The summed E-state index contributed by atoms with van der Waals surface area (Å²) in [5.74, 6) is -0.194. The fraction of sp³-hybridized carbons (Fsp3) is 0.0385. The largest absolute Gasteiger partial charge is 0.383 e. The van der Waals surface area contributed by atoms with Gasteiger partial charge in [0.25, 0.3) is 6.33 Å². The molecule has 2 aromatic carbocycles. The Kier molecular flexibility index (Phi) is 4.16. The lowest BCUT2D eigenvalue weighted by molar-refractivity contribution is -0.511. The van der Waals surface area contributed by atoms with Crippen molar-refractivity contribution < 1.29 is 9.20 Å². The molecule has 0 bridgehead atoms. The molecule has 3 aromatic heterocycles. The van der Waals surface area contributed by atoms with E-state index < -0.39 is 0 Å². The van der Waals surface area contributed by atoms with Crippen molar-refractivity contribution >= 4 is 33.6 Å². The highest BCUT2D eigenvalue weighted by atomic mass is 16.2. The van der Waals surface area contributed by atoms with Crippen LogP contribution in [0.15, 0.2) is 91.6 Å². The molecule has 0 fully saturated rings. The number of fused-ring (bicyclic) bond motifs is 3. The van der Waals surface area contributed by atoms with Crippen molar-refractivity contribution in [1.82, 2.24) is 14.9 Å². The molecule has 1 amide bonds. The molecule has 6 nitrogen and oxygen atoms in total. The minimum absolute atomic E-state index is 0.194. The van der Waals surface area contributed by atoms with Crippen LogP contribution >= 0.6 is 0 Å². The van der Waals surface area contributed by atoms with Crippen LogP contribution in [0.1, 0.15) is 21.6 Å². The minimum atomic E-state index is -0.194. The van der Waals surface area contributed by atoms with Gasteiger partial charge in [-0.2, -0.15) is 0 Å². The fourth-order valence-corrected chi connectivity index (χ4v) is 4.26. The molecule has 0 radical (unpaired) electrons. The number of aromatic nitrogens is 3. The Hall–Kier alpha value is -4.54. The van der Waals surface area contributed by atoms with Crippen LogP contribution in [0.3, 0.4) is 0 Å². The SMILES string of the molecule is O=C(Nc1cccc2cnccc12)c1c2cccc[n+]2cn1C1=[C+]NCc2ccccc21. The van der Waals surface area contributed by atoms with Crippen LogP contribution in [-0.2, 0) is 6.54 Å². The van der Waals surface area contributed by atoms with Gasteiger partial charge in [-0.25, -0.2) is 4.40 Å². The smallest absolute Gasteiger partial charge is 0.318 e. The van der Waals surface area contributed by atoms with Crippen molar-refractivity contribution in [3.05, 3.63) is 115 Å². The first-order valence-electron chi connectivity index (χ1n) is 10.4. The summed E-state index contributed by atoms with van der Waals surface area (Å²) in [5.41, 5.74) is 5.12. The monoisotopic (exact) mass is 417 g/mol. The van der Waals surface area contributed by atoms with Crippen molar-refractivity contribution in [1.29, 1.82) is 0 Å². The van der Waals surface area contributed by atoms with E-state index in [9.17, 15) is 4.79 Å². The van der Waals surface area contributed by atoms with Gasteiger partial charge in [0.15, 0.2) is 11.1 Å². The number of hydrogen-bond donors (Lipinski definition) is 2. The number of nitrogens with zero attached hydrogens (tertiary/aromatic N) is 3. The van der Waals surface area contributed by atoms with Gasteiger partial charge in [-0.3, -0.25) is 15.1 Å². The normalized spacial score (nSPS) is 12.6. The predicted octanol–water partition coefficient (Wildman–Crippen LogP) is 3.78. The van der Waals surface area contributed by atoms with E-state index in [1.807, 2.05) is 76.1 Å². The van der Waals surface area contributed by atoms with Crippen molar-refractivity contribution in [3.8, 4) is 0 Å². The quantitative estimate of drug-likeness (QED) is 0.347. The highest BCUT2D eigenvalue weighted by Crippen LogP contribution is 2.27. The van der Waals surface area contributed by atoms with Crippen LogP contribution in [0.25, 0.3) is 22.0 Å². The van der Waals surface area contributed by atoms with Crippen LogP contribution in [0.2, 0.25) is 0 Å². The molecule has 4 heterocycles. The zero-order chi connectivity index (χ0) is 21.5. The molecule has 32 heavy (non-hydrogen) atoms. The van der Waals surface area contributed by atoms with Gasteiger partial charge in [0.05, 0.1) is 18.3 Å². The molecule has 6 rings (SSSR count). The first kappa shape index (κ1) is 18.2. The average molecular weight is 417 g/mol. The predicted molar refractivity (Wildman–Crippen MR) is 123 cm³/mol. The summed E-state index contributed by atoms with van der Waals surface area (Å²) in [7, 11) is 0. The topological polar surface area (TPSA) is 63.1 Å². The maximum Gasteiger partial charge on any atom is 0.383 e. The fourth-order valence-electron chi connectivity index (χ4n) is 4.26. The second kappa shape index (κ2) is 7.30. The van der Waals surface area contributed by atoms with E-state index in [1.54, 1.807) is 12.4 Å². The summed E-state index contributed by atoms with van der Waals surface area (Å²) >= 11 is 0. The van der Waals surface area contributed by atoms with Crippen LogP contribution in [0, 0.1) is 6.20 Å². The van der Waals surface area contributed by atoms with E-state index >= 15 is 0 Å². The number of pyridine rings is 2. The summed E-state index contributed by atoms with van der Waals surface area (Å²) in [6, 6.07) is 21.7. The lowest BCUT2D eigenvalue weighted by Gasteiger charge is -2.09. The molecule has 0 spiro atoms. The van der Waals surface area contributed by atoms with Crippen molar-refractivity contribution in [2.45, 2.75) is 6.54 Å². The number of nitrogens with one attached hydrogen (secondary N) is 2. The molecule has 1 aliphatic rings. The molecule has 0 saturated carbocycles. The van der Waals surface area contributed by atoms with Crippen molar-refractivity contribution in [2.24, 2.45) is 0 Å². The summed E-state index contributed by atoms with van der Waals surface area (Å²) in [6.45, 7) is 0.708. The molecule has 1 aliphatic heterocycles. The van der Waals surface area contributed by atoms with Crippen LogP contribution < -0.4 is 15.0 Å². The molecule has 0 aliphatic carbocycles. The first-order chi connectivity index (χ1) is 15.8. The lowest BCUT2D eigenvalue weighted by Crippen LogP contribution is -2.21. The highest BCUT2D eigenvalue weighted by Gasteiger charge is 2.36. The third kappa shape index (κ3) is 2.90. The maximum absolute atomic E-state index is 13.7. The maximum atomic E-state index is 13.7. The molecule has 6 heteroatoms. The van der Waals surface area contributed by atoms with Gasteiger partial charge in [0.2, 0.25) is 11.9 Å². The zero-order valence-corrected chi connectivity index (χ0v) is 17.1. The van der Waals surface area contributed by atoms with Gasteiger partial charge in [0, 0.05) is 34.9 Å². The van der Waals surface area contributed by atoms with E-state index in [0.717, 1.165) is 38.8 Å².